The zero-order valence-corrected chi connectivity index (χ0v) is 18.5. The zero-order valence-electron chi connectivity index (χ0n) is 18.5. The third kappa shape index (κ3) is 3.38. The number of hydrogen-bond acceptors (Lipinski definition) is 3. The maximum absolute atomic E-state index is 13.4. The summed E-state index contributed by atoms with van der Waals surface area (Å²) in [7, 11) is 0. The Morgan fingerprint density at radius 3 is 2.19 bits per heavy atom. The molecule has 3 heteroatoms. The van der Waals surface area contributed by atoms with Crippen LogP contribution in [0.3, 0.4) is 0 Å². The van der Waals surface area contributed by atoms with Gasteiger partial charge in [0.1, 0.15) is 0 Å². The summed E-state index contributed by atoms with van der Waals surface area (Å²) >= 11 is 0. The molecule has 0 radical (unpaired) electrons. The smallest absolute Gasteiger partial charge is 0.215 e. The van der Waals surface area contributed by atoms with Crippen LogP contribution in [-0.4, -0.2) is 16.7 Å². The number of carbonyl (C=O) groups is 1. The van der Waals surface area contributed by atoms with Crippen molar-refractivity contribution in [3.05, 3.63) is 94.5 Å². The van der Waals surface area contributed by atoms with Gasteiger partial charge in [0.2, 0.25) is 5.78 Å². The van der Waals surface area contributed by atoms with E-state index in [4.69, 9.17) is 0 Å². The molecule has 158 valence electrons. The molecule has 1 aliphatic rings. The van der Waals surface area contributed by atoms with E-state index in [1.54, 1.807) is 0 Å². The van der Waals surface area contributed by atoms with Gasteiger partial charge in [0.05, 0.1) is 0 Å². The van der Waals surface area contributed by atoms with Crippen LogP contribution in [0, 0.1) is 6.92 Å². The average Bonchev–Trinajstić information content (AvgIpc) is 3.05. The summed E-state index contributed by atoms with van der Waals surface area (Å²) in [6.07, 6.45) is 4.22. The van der Waals surface area contributed by atoms with Crippen LogP contribution < -0.4 is 0 Å². The summed E-state index contributed by atoms with van der Waals surface area (Å²) in [4.78, 5) is 13.4. The van der Waals surface area contributed by atoms with E-state index in [0.717, 1.165) is 31.2 Å². The van der Waals surface area contributed by atoms with Gasteiger partial charge >= 0.3 is 0 Å². The average molecular weight is 412 g/mol. The highest BCUT2D eigenvalue weighted by molar-refractivity contribution is 6.51. The Hall–Kier alpha value is -3.20. The van der Waals surface area contributed by atoms with Crippen LogP contribution in [0.2, 0.25) is 0 Å². The van der Waals surface area contributed by atoms with Crippen molar-refractivity contribution in [2.45, 2.75) is 51.9 Å². The second-order valence-electron chi connectivity index (χ2n) is 8.48. The lowest BCUT2D eigenvalue weighted by molar-refractivity contribution is 0.106. The molecular weight excluding hydrogens is 382 g/mol. The van der Waals surface area contributed by atoms with Crippen molar-refractivity contribution in [3.63, 3.8) is 0 Å². The molecule has 3 aromatic rings. The van der Waals surface area contributed by atoms with E-state index in [-0.39, 0.29) is 16.9 Å². The Morgan fingerprint density at radius 1 is 0.871 bits per heavy atom. The lowest BCUT2D eigenvalue weighted by Gasteiger charge is -2.32. The van der Waals surface area contributed by atoms with E-state index >= 15 is 0 Å². The molecule has 0 bridgehead atoms. The molecule has 0 saturated carbocycles. The summed E-state index contributed by atoms with van der Waals surface area (Å²) in [5, 5.41) is 13.1. The van der Waals surface area contributed by atoms with Crippen LogP contribution in [0.5, 0.6) is 0 Å². The van der Waals surface area contributed by atoms with Crippen molar-refractivity contribution in [2.24, 2.45) is 5.16 Å². The van der Waals surface area contributed by atoms with Crippen LogP contribution in [0.4, 0.5) is 0 Å². The van der Waals surface area contributed by atoms with Crippen molar-refractivity contribution >= 4 is 11.5 Å². The van der Waals surface area contributed by atoms with E-state index in [2.05, 4.69) is 49.3 Å². The largest absolute Gasteiger partial charge is 0.410 e. The summed E-state index contributed by atoms with van der Waals surface area (Å²) in [5.41, 5.74) is 7.23. The molecule has 0 atom stereocenters. The molecule has 3 nitrogen and oxygen atoms in total. The minimum absolute atomic E-state index is 0.0785. The number of nitrogens with zero attached hydrogens (tertiary/aromatic N) is 1. The SMILES string of the molecule is CCCC1(CCC)c2ccccc2-c2ccc(C(=O)/C(=N\O)c3ccccc3C)cc21. The lowest BCUT2D eigenvalue weighted by Crippen LogP contribution is -2.25. The zero-order chi connectivity index (χ0) is 22.0. The number of fused-ring (bicyclic) bond motifs is 3. The molecule has 0 aliphatic heterocycles. The molecule has 1 N–H and O–H groups in total. The Bertz CT molecular complexity index is 1150. The van der Waals surface area contributed by atoms with E-state index in [1.807, 2.05) is 43.3 Å². The van der Waals surface area contributed by atoms with E-state index in [9.17, 15) is 10.0 Å². The summed E-state index contributed by atoms with van der Waals surface area (Å²) < 4.78 is 0. The van der Waals surface area contributed by atoms with Gasteiger partial charge in [-0.1, -0.05) is 92.5 Å². The van der Waals surface area contributed by atoms with Gasteiger partial charge in [0, 0.05) is 16.5 Å². The second-order valence-corrected chi connectivity index (χ2v) is 8.48. The third-order valence-corrected chi connectivity index (χ3v) is 6.60. The minimum atomic E-state index is -0.252. The Balaban J connectivity index is 1.86. The van der Waals surface area contributed by atoms with Gasteiger partial charge in [-0.15, -0.1) is 0 Å². The number of hydrogen-bond donors (Lipinski definition) is 1. The first-order valence-electron chi connectivity index (χ1n) is 11.1. The van der Waals surface area contributed by atoms with Crippen molar-refractivity contribution < 1.29 is 10.0 Å². The van der Waals surface area contributed by atoms with Crippen LogP contribution in [-0.2, 0) is 5.41 Å². The van der Waals surface area contributed by atoms with E-state index in [1.165, 1.54) is 22.3 Å². The second kappa shape index (κ2) is 8.50. The number of ketones is 1. The van der Waals surface area contributed by atoms with Crippen molar-refractivity contribution in [2.75, 3.05) is 0 Å². The number of Topliss-reactive ketones (excluding diaryl/α,β-unsaturated/α-hetero) is 1. The van der Waals surface area contributed by atoms with Gasteiger partial charge in [-0.25, -0.2) is 0 Å². The highest BCUT2D eigenvalue weighted by Crippen LogP contribution is 2.53. The van der Waals surface area contributed by atoms with Crippen LogP contribution in [0.15, 0.2) is 71.9 Å². The molecular formula is C28H29NO2. The summed E-state index contributed by atoms with van der Waals surface area (Å²) in [6.45, 7) is 6.37. The number of oxime groups is 1. The maximum atomic E-state index is 13.4. The van der Waals surface area contributed by atoms with Gasteiger partial charge in [-0.2, -0.15) is 0 Å². The third-order valence-electron chi connectivity index (χ3n) is 6.60. The number of aryl methyl sites for hydroxylation is 1. The van der Waals surface area contributed by atoms with Crippen molar-refractivity contribution in [3.8, 4) is 11.1 Å². The number of benzene rings is 3. The standard InChI is InChI=1S/C28H29NO2/c1-4-16-28(17-5-2)24-13-9-8-12-22(24)23-15-14-20(18-25(23)28)27(30)26(29-31)21-11-7-6-10-19(21)3/h6-15,18,31H,4-5,16-17H2,1-3H3/b29-26-. The molecule has 0 saturated heterocycles. The van der Waals surface area contributed by atoms with Gasteiger partial charge < -0.3 is 5.21 Å². The predicted molar refractivity (Wildman–Crippen MR) is 126 cm³/mol. The van der Waals surface area contributed by atoms with Crippen molar-refractivity contribution in [1.82, 2.24) is 0 Å². The molecule has 0 unspecified atom stereocenters. The topological polar surface area (TPSA) is 49.7 Å². The first-order valence-corrected chi connectivity index (χ1v) is 11.1. The van der Waals surface area contributed by atoms with Crippen molar-refractivity contribution in [1.29, 1.82) is 0 Å². The number of carbonyl (C=O) groups excluding carboxylic acids is 1. The maximum Gasteiger partial charge on any atom is 0.215 e. The predicted octanol–water partition coefficient (Wildman–Crippen LogP) is 6.92. The van der Waals surface area contributed by atoms with Gasteiger partial charge in [0.25, 0.3) is 0 Å². The fourth-order valence-electron chi connectivity index (χ4n) is 5.31. The normalized spacial score (nSPS) is 14.2. The molecule has 0 spiro atoms. The van der Waals surface area contributed by atoms with Gasteiger partial charge in [0.15, 0.2) is 5.71 Å². The van der Waals surface area contributed by atoms with Gasteiger partial charge in [-0.3, -0.25) is 4.79 Å². The first kappa shape index (κ1) is 21.0. The van der Waals surface area contributed by atoms with Crippen LogP contribution in [0.25, 0.3) is 11.1 Å². The Kier molecular flexibility index (Phi) is 5.77. The fraction of sp³-hybridized carbons (Fsp3) is 0.286. The minimum Gasteiger partial charge on any atom is -0.410 e. The summed E-state index contributed by atoms with van der Waals surface area (Å²) in [6, 6.07) is 22.1. The molecule has 0 amide bonds. The monoisotopic (exact) mass is 411 g/mol. The first-order chi connectivity index (χ1) is 15.1. The number of rotatable bonds is 7. The van der Waals surface area contributed by atoms with Crippen LogP contribution >= 0.6 is 0 Å². The quantitative estimate of drug-likeness (QED) is 0.198. The molecule has 4 rings (SSSR count). The Morgan fingerprint density at radius 2 is 1.52 bits per heavy atom. The van der Waals surface area contributed by atoms with Crippen LogP contribution in [0.1, 0.15) is 72.1 Å². The Labute approximate surface area is 184 Å². The lowest BCUT2D eigenvalue weighted by atomic mass is 9.71. The molecule has 0 aromatic heterocycles. The molecule has 0 heterocycles. The molecule has 0 fully saturated rings. The highest BCUT2D eigenvalue weighted by atomic mass is 16.4. The molecule has 3 aromatic carbocycles. The van der Waals surface area contributed by atoms with Gasteiger partial charge in [-0.05, 0) is 53.6 Å². The van der Waals surface area contributed by atoms with E-state index < -0.39 is 0 Å². The molecule has 31 heavy (non-hydrogen) atoms. The summed E-state index contributed by atoms with van der Waals surface area (Å²) in [5.74, 6) is -0.252. The van der Waals surface area contributed by atoms with E-state index in [0.29, 0.717) is 11.1 Å². The highest BCUT2D eigenvalue weighted by Gasteiger charge is 2.42. The molecule has 1 aliphatic carbocycles. The fourth-order valence-corrected chi connectivity index (χ4v) is 5.31.